The third-order valence-electron chi connectivity index (χ3n) is 3.25. The molecule has 0 radical (unpaired) electrons. The molecule has 3 heteroatoms. The summed E-state index contributed by atoms with van der Waals surface area (Å²) >= 11 is 8.02. The minimum Gasteiger partial charge on any atom is -0.297 e. The summed E-state index contributed by atoms with van der Waals surface area (Å²) in [5, 5.41) is 0. The summed E-state index contributed by atoms with van der Waals surface area (Å²) in [4.78, 5) is 2.62. The smallest absolute Gasteiger partial charge is 0.0387 e. The lowest BCUT2D eigenvalue weighted by Gasteiger charge is -2.39. The minimum atomic E-state index is 0.654. The van der Waals surface area contributed by atoms with Crippen molar-refractivity contribution in [1.29, 1.82) is 0 Å². The summed E-state index contributed by atoms with van der Waals surface area (Å²) in [6.07, 6.45) is 4.37. The Morgan fingerprint density at radius 1 is 1.38 bits per heavy atom. The van der Waals surface area contributed by atoms with E-state index in [1.165, 1.54) is 43.9 Å². The van der Waals surface area contributed by atoms with Crippen LogP contribution in [0.15, 0.2) is 0 Å². The van der Waals surface area contributed by atoms with Crippen LogP contribution in [0, 0.1) is 5.92 Å². The van der Waals surface area contributed by atoms with Crippen molar-refractivity contribution in [2.45, 2.75) is 25.3 Å². The maximum Gasteiger partial charge on any atom is 0.0387 e. The third-order valence-corrected chi connectivity index (χ3v) is 4.69. The first-order valence-corrected chi connectivity index (χ1v) is 6.97. The number of nitrogens with zero attached hydrogens (tertiary/aromatic N) is 1. The summed E-state index contributed by atoms with van der Waals surface area (Å²) in [7, 11) is 0. The average molecular weight is 220 g/mol. The molecule has 2 aliphatic rings. The molecule has 1 aliphatic heterocycles. The van der Waals surface area contributed by atoms with E-state index in [4.69, 9.17) is 11.6 Å². The molecule has 1 nitrogen and oxygen atoms in total. The standard InChI is InChI=1S/C10H18ClNS/c11-6-10-8-13-5-4-12(10)7-9-2-1-3-9/h9-10H,1-8H2. The summed E-state index contributed by atoms with van der Waals surface area (Å²) in [5.74, 6) is 4.37. The summed E-state index contributed by atoms with van der Waals surface area (Å²) in [6, 6.07) is 0.654. The number of rotatable bonds is 3. The largest absolute Gasteiger partial charge is 0.297 e. The summed E-state index contributed by atoms with van der Waals surface area (Å²) < 4.78 is 0. The van der Waals surface area contributed by atoms with Crippen LogP contribution in [0.3, 0.4) is 0 Å². The van der Waals surface area contributed by atoms with Crippen LogP contribution in [0.5, 0.6) is 0 Å². The maximum absolute atomic E-state index is 5.96. The minimum absolute atomic E-state index is 0.654. The number of thioether (sulfide) groups is 1. The van der Waals surface area contributed by atoms with E-state index in [9.17, 15) is 0 Å². The van der Waals surface area contributed by atoms with Crippen molar-refractivity contribution >= 4 is 23.4 Å². The van der Waals surface area contributed by atoms with Crippen molar-refractivity contribution in [3.8, 4) is 0 Å². The van der Waals surface area contributed by atoms with Crippen LogP contribution >= 0.6 is 23.4 Å². The first kappa shape index (κ1) is 10.1. The SMILES string of the molecule is ClCC1CSCCN1CC1CCC1. The lowest BCUT2D eigenvalue weighted by molar-refractivity contribution is 0.155. The molecule has 0 aromatic carbocycles. The van der Waals surface area contributed by atoms with Crippen molar-refractivity contribution < 1.29 is 0 Å². The molecule has 1 unspecified atom stereocenters. The van der Waals surface area contributed by atoms with Gasteiger partial charge in [0.2, 0.25) is 0 Å². The van der Waals surface area contributed by atoms with Crippen molar-refractivity contribution in [3.05, 3.63) is 0 Å². The zero-order chi connectivity index (χ0) is 9.10. The Bertz CT molecular complexity index is 161. The number of alkyl halides is 1. The van der Waals surface area contributed by atoms with Gasteiger partial charge in [-0.1, -0.05) is 6.42 Å². The van der Waals surface area contributed by atoms with Gasteiger partial charge in [-0.3, -0.25) is 4.90 Å². The van der Waals surface area contributed by atoms with Gasteiger partial charge in [0.25, 0.3) is 0 Å². The lowest BCUT2D eigenvalue weighted by Crippen LogP contribution is -2.46. The van der Waals surface area contributed by atoms with Crippen molar-refractivity contribution in [2.24, 2.45) is 5.92 Å². The highest BCUT2D eigenvalue weighted by Crippen LogP contribution is 2.29. The van der Waals surface area contributed by atoms with E-state index in [1.54, 1.807) is 0 Å². The molecule has 1 atom stereocenters. The topological polar surface area (TPSA) is 3.24 Å². The van der Waals surface area contributed by atoms with Crippen LogP contribution in [0.1, 0.15) is 19.3 Å². The molecule has 0 aromatic rings. The molecule has 1 aliphatic carbocycles. The molecule has 2 fully saturated rings. The molecule has 0 amide bonds. The Morgan fingerprint density at radius 3 is 2.85 bits per heavy atom. The fourth-order valence-electron chi connectivity index (χ4n) is 2.08. The molecule has 0 N–H and O–H groups in total. The highest BCUT2D eigenvalue weighted by molar-refractivity contribution is 7.99. The summed E-state index contributed by atoms with van der Waals surface area (Å²) in [5.41, 5.74) is 0. The van der Waals surface area contributed by atoms with E-state index in [0.717, 1.165) is 11.8 Å². The fraction of sp³-hybridized carbons (Fsp3) is 1.00. The van der Waals surface area contributed by atoms with Crippen molar-refractivity contribution in [2.75, 3.05) is 30.5 Å². The number of halogens is 1. The Morgan fingerprint density at radius 2 is 2.23 bits per heavy atom. The second-order valence-corrected chi connectivity index (χ2v) is 5.63. The van der Waals surface area contributed by atoms with Gasteiger partial charge >= 0.3 is 0 Å². The van der Waals surface area contributed by atoms with Gasteiger partial charge in [-0.25, -0.2) is 0 Å². The molecule has 0 aromatic heterocycles. The molecule has 0 spiro atoms. The molecule has 1 saturated heterocycles. The molecule has 13 heavy (non-hydrogen) atoms. The van der Waals surface area contributed by atoms with Crippen LogP contribution in [-0.2, 0) is 0 Å². The predicted octanol–water partition coefficient (Wildman–Crippen LogP) is 2.44. The van der Waals surface area contributed by atoms with Crippen molar-refractivity contribution in [3.63, 3.8) is 0 Å². The van der Waals surface area contributed by atoms with Gasteiger partial charge in [-0.05, 0) is 18.8 Å². The first-order valence-electron chi connectivity index (χ1n) is 5.28. The highest BCUT2D eigenvalue weighted by atomic mass is 35.5. The zero-order valence-corrected chi connectivity index (χ0v) is 9.62. The second-order valence-electron chi connectivity index (χ2n) is 4.17. The maximum atomic E-state index is 5.96. The van der Waals surface area contributed by atoms with Gasteiger partial charge < -0.3 is 0 Å². The Balaban J connectivity index is 1.79. The lowest BCUT2D eigenvalue weighted by atomic mass is 9.85. The number of hydrogen-bond acceptors (Lipinski definition) is 2. The Hall–Kier alpha value is 0.600. The Labute approximate surface area is 90.2 Å². The first-order chi connectivity index (χ1) is 6.40. The fourth-order valence-corrected chi connectivity index (χ4v) is 3.64. The second kappa shape index (κ2) is 4.90. The molecule has 76 valence electrons. The van der Waals surface area contributed by atoms with Crippen LogP contribution in [-0.4, -0.2) is 41.4 Å². The van der Waals surface area contributed by atoms with Crippen LogP contribution in [0.4, 0.5) is 0 Å². The van der Waals surface area contributed by atoms with E-state index in [-0.39, 0.29) is 0 Å². The van der Waals surface area contributed by atoms with Gasteiger partial charge in [-0.15, -0.1) is 11.6 Å². The number of hydrogen-bond donors (Lipinski definition) is 0. The summed E-state index contributed by atoms with van der Waals surface area (Å²) in [6.45, 7) is 2.58. The molecule has 1 heterocycles. The Kier molecular flexibility index (Phi) is 3.82. The predicted molar refractivity (Wildman–Crippen MR) is 60.7 cm³/mol. The van der Waals surface area contributed by atoms with E-state index in [1.807, 2.05) is 0 Å². The van der Waals surface area contributed by atoms with Crippen molar-refractivity contribution in [1.82, 2.24) is 4.90 Å². The quantitative estimate of drug-likeness (QED) is 0.671. The highest BCUT2D eigenvalue weighted by Gasteiger charge is 2.26. The average Bonchev–Trinajstić information content (AvgIpc) is 2.12. The van der Waals surface area contributed by atoms with Gasteiger partial charge in [0.05, 0.1) is 0 Å². The third kappa shape index (κ3) is 2.54. The monoisotopic (exact) mass is 219 g/mol. The molecule has 1 saturated carbocycles. The van der Waals surface area contributed by atoms with Gasteiger partial charge in [0.1, 0.15) is 0 Å². The molecule has 0 bridgehead atoms. The zero-order valence-electron chi connectivity index (χ0n) is 8.04. The van der Waals surface area contributed by atoms with E-state index < -0.39 is 0 Å². The van der Waals surface area contributed by atoms with E-state index in [0.29, 0.717) is 6.04 Å². The van der Waals surface area contributed by atoms with Crippen LogP contribution in [0.25, 0.3) is 0 Å². The van der Waals surface area contributed by atoms with Gasteiger partial charge in [0.15, 0.2) is 0 Å². The van der Waals surface area contributed by atoms with E-state index in [2.05, 4.69) is 16.7 Å². The van der Waals surface area contributed by atoms with E-state index >= 15 is 0 Å². The normalized spacial score (nSPS) is 31.6. The van der Waals surface area contributed by atoms with Gasteiger partial charge in [-0.2, -0.15) is 11.8 Å². The van der Waals surface area contributed by atoms with Gasteiger partial charge in [0, 0.05) is 36.5 Å². The van der Waals surface area contributed by atoms with Crippen LogP contribution in [0.2, 0.25) is 0 Å². The van der Waals surface area contributed by atoms with Crippen LogP contribution < -0.4 is 0 Å². The molecule has 2 rings (SSSR count). The molecular formula is C10H18ClNS. The molecular weight excluding hydrogens is 202 g/mol.